The Bertz CT molecular complexity index is 494. The number of benzene rings is 1. The van der Waals surface area contributed by atoms with E-state index in [0.717, 1.165) is 25.0 Å². The normalized spacial score (nSPS) is 18.6. The third kappa shape index (κ3) is 2.03. The highest BCUT2D eigenvalue weighted by Crippen LogP contribution is 2.44. The first-order valence-electron chi connectivity index (χ1n) is 5.77. The van der Waals surface area contributed by atoms with E-state index >= 15 is 0 Å². The van der Waals surface area contributed by atoms with Crippen LogP contribution in [0.25, 0.3) is 0 Å². The number of rotatable bonds is 1. The molecule has 5 heteroatoms. The molecule has 0 heterocycles. The van der Waals surface area contributed by atoms with Crippen LogP contribution >= 0.6 is 0 Å². The molecule has 2 N–H and O–H groups in total. The van der Waals surface area contributed by atoms with E-state index in [1.165, 1.54) is 6.07 Å². The second kappa shape index (κ2) is 4.20. The van der Waals surface area contributed by atoms with Crippen LogP contribution in [0.5, 0.6) is 0 Å². The van der Waals surface area contributed by atoms with Gasteiger partial charge in [0.1, 0.15) is 0 Å². The average molecular weight is 254 g/mol. The fourth-order valence-corrected chi connectivity index (χ4v) is 2.59. The maximum absolute atomic E-state index is 12.5. The highest BCUT2D eigenvalue weighted by molar-refractivity contribution is 5.56. The Balaban J connectivity index is 2.45. The Morgan fingerprint density at radius 3 is 2.28 bits per heavy atom. The quantitative estimate of drug-likeness (QED) is 0.778. The summed E-state index contributed by atoms with van der Waals surface area (Å²) in [6.45, 7) is 0. The summed E-state index contributed by atoms with van der Waals surface area (Å²) in [4.78, 5) is 0. The van der Waals surface area contributed by atoms with Crippen LogP contribution in [0.3, 0.4) is 0 Å². The lowest BCUT2D eigenvalue weighted by Gasteiger charge is -2.23. The lowest BCUT2D eigenvalue weighted by Crippen LogP contribution is -2.21. The molecule has 2 rings (SSSR count). The molecule has 0 aliphatic heterocycles. The van der Waals surface area contributed by atoms with Gasteiger partial charge >= 0.3 is 6.18 Å². The van der Waals surface area contributed by atoms with Gasteiger partial charge in [-0.25, -0.2) is 0 Å². The third-order valence-electron chi connectivity index (χ3n) is 3.57. The summed E-state index contributed by atoms with van der Waals surface area (Å²) < 4.78 is 37.6. The van der Waals surface area contributed by atoms with Crippen molar-refractivity contribution in [3.63, 3.8) is 0 Å². The molecule has 0 aromatic heterocycles. The van der Waals surface area contributed by atoms with Crippen molar-refractivity contribution >= 4 is 5.69 Å². The van der Waals surface area contributed by atoms with E-state index in [1.54, 1.807) is 0 Å². The molecular formula is C13H13F3N2. The number of alkyl halides is 3. The van der Waals surface area contributed by atoms with Crippen molar-refractivity contribution in [2.75, 3.05) is 5.73 Å². The van der Waals surface area contributed by atoms with Crippen LogP contribution in [0.1, 0.15) is 36.8 Å². The molecule has 0 bridgehead atoms. The van der Waals surface area contributed by atoms with Crippen LogP contribution in [-0.2, 0) is 11.6 Å². The van der Waals surface area contributed by atoms with E-state index in [4.69, 9.17) is 5.73 Å². The summed E-state index contributed by atoms with van der Waals surface area (Å²) in [7, 11) is 0. The van der Waals surface area contributed by atoms with Gasteiger partial charge in [-0.15, -0.1) is 0 Å². The van der Waals surface area contributed by atoms with Crippen LogP contribution in [0.15, 0.2) is 18.2 Å². The van der Waals surface area contributed by atoms with E-state index in [-0.39, 0.29) is 5.69 Å². The number of hydrogen-bond donors (Lipinski definition) is 1. The number of halogens is 3. The van der Waals surface area contributed by atoms with Gasteiger partial charge in [-0.2, -0.15) is 18.4 Å². The van der Waals surface area contributed by atoms with Crippen molar-refractivity contribution < 1.29 is 13.2 Å². The Morgan fingerprint density at radius 2 is 1.83 bits per heavy atom. The number of nitrogens with zero attached hydrogens (tertiary/aromatic N) is 1. The number of nitrogens with two attached hydrogens (primary N) is 1. The molecule has 0 spiro atoms. The zero-order chi connectivity index (χ0) is 13.4. The molecule has 0 saturated heterocycles. The van der Waals surface area contributed by atoms with Crippen molar-refractivity contribution in [1.82, 2.24) is 0 Å². The molecule has 0 radical (unpaired) electrons. The monoisotopic (exact) mass is 254 g/mol. The summed E-state index contributed by atoms with van der Waals surface area (Å²) in [5.41, 5.74) is 4.84. The summed E-state index contributed by atoms with van der Waals surface area (Å²) in [5, 5.41) is 9.30. The number of nitrogen functional groups attached to an aromatic ring is 1. The second-order valence-corrected chi connectivity index (χ2v) is 4.70. The predicted molar refractivity (Wildman–Crippen MR) is 61.6 cm³/mol. The van der Waals surface area contributed by atoms with E-state index in [9.17, 15) is 18.4 Å². The van der Waals surface area contributed by atoms with Crippen LogP contribution in [0.2, 0.25) is 0 Å². The van der Waals surface area contributed by atoms with Gasteiger partial charge in [-0.1, -0.05) is 18.9 Å². The molecule has 96 valence electrons. The molecular weight excluding hydrogens is 241 g/mol. The van der Waals surface area contributed by atoms with Crippen LogP contribution in [-0.4, -0.2) is 0 Å². The van der Waals surface area contributed by atoms with Crippen molar-refractivity contribution in [3.8, 4) is 6.07 Å². The standard InChI is InChI=1S/C13H13F3N2/c14-13(15,16)9-3-4-10(11(18)7-9)12(8-17)5-1-2-6-12/h3-4,7H,1-2,5-6,18H2. The zero-order valence-corrected chi connectivity index (χ0v) is 9.72. The van der Waals surface area contributed by atoms with Crippen molar-refractivity contribution in [1.29, 1.82) is 5.26 Å². The Hall–Kier alpha value is -1.70. The van der Waals surface area contributed by atoms with E-state index in [1.807, 2.05) is 0 Å². The lowest BCUT2D eigenvalue weighted by atomic mass is 9.79. The predicted octanol–water partition coefficient (Wildman–Crippen LogP) is 3.62. The number of anilines is 1. The molecule has 0 amide bonds. The van der Waals surface area contributed by atoms with E-state index < -0.39 is 17.2 Å². The first-order valence-corrected chi connectivity index (χ1v) is 5.77. The van der Waals surface area contributed by atoms with Crippen molar-refractivity contribution in [2.45, 2.75) is 37.3 Å². The molecule has 1 aliphatic carbocycles. The summed E-state index contributed by atoms with van der Waals surface area (Å²) in [5.74, 6) is 0. The Morgan fingerprint density at radius 1 is 1.22 bits per heavy atom. The topological polar surface area (TPSA) is 49.8 Å². The minimum absolute atomic E-state index is 0.0632. The van der Waals surface area contributed by atoms with Gasteiger partial charge in [0, 0.05) is 5.69 Å². The third-order valence-corrected chi connectivity index (χ3v) is 3.57. The van der Waals surface area contributed by atoms with Gasteiger partial charge in [0.25, 0.3) is 0 Å². The van der Waals surface area contributed by atoms with Crippen LogP contribution in [0, 0.1) is 11.3 Å². The molecule has 18 heavy (non-hydrogen) atoms. The van der Waals surface area contributed by atoms with Gasteiger partial charge in [0.05, 0.1) is 17.0 Å². The highest BCUT2D eigenvalue weighted by Gasteiger charge is 2.38. The van der Waals surface area contributed by atoms with Gasteiger partial charge in [-0.3, -0.25) is 0 Å². The largest absolute Gasteiger partial charge is 0.416 e. The van der Waals surface area contributed by atoms with E-state index in [2.05, 4.69) is 6.07 Å². The van der Waals surface area contributed by atoms with Gasteiger partial charge < -0.3 is 5.73 Å². The zero-order valence-electron chi connectivity index (χ0n) is 9.72. The van der Waals surface area contributed by atoms with Gasteiger partial charge in [0.2, 0.25) is 0 Å². The van der Waals surface area contributed by atoms with Gasteiger partial charge in [-0.05, 0) is 30.5 Å². The second-order valence-electron chi connectivity index (χ2n) is 4.70. The molecule has 1 aromatic rings. The summed E-state index contributed by atoms with van der Waals surface area (Å²) in [6, 6.07) is 5.51. The molecule has 0 unspecified atom stereocenters. The molecule has 1 aliphatic rings. The fourth-order valence-electron chi connectivity index (χ4n) is 2.59. The first kappa shape index (κ1) is 12.7. The summed E-state index contributed by atoms with van der Waals surface area (Å²) >= 11 is 0. The van der Waals surface area contributed by atoms with E-state index in [0.29, 0.717) is 18.4 Å². The fraction of sp³-hybridized carbons (Fsp3) is 0.462. The number of nitriles is 1. The minimum atomic E-state index is -4.40. The minimum Gasteiger partial charge on any atom is -0.398 e. The highest BCUT2D eigenvalue weighted by atomic mass is 19.4. The van der Waals surface area contributed by atoms with Crippen molar-refractivity contribution in [2.24, 2.45) is 0 Å². The molecule has 2 nitrogen and oxygen atoms in total. The number of hydrogen-bond acceptors (Lipinski definition) is 2. The van der Waals surface area contributed by atoms with Crippen LogP contribution in [0.4, 0.5) is 18.9 Å². The molecule has 1 fully saturated rings. The SMILES string of the molecule is N#CC1(c2ccc(C(F)(F)F)cc2N)CCCC1. The molecule has 1 aromatic carbocycles. The van der Waals surface area contributed by atoms with Crippen molar-refractivity contribution in [3.05, 3.63) is 29.3 Å². The van der Waals surface area contributed by atoms with Gasteiger partial charge in [0.15, 0.2) is 0 Å². The maximum atomic E-state index is 12.5. The molecule has 0 atom stereocenters. The Kier molecular flexibility index (Phi) is 2.97. The maximum Gasteiger partial charge on any atom is 0.416 e. The lowest BCUT2D eigenvalue weighted by molar-refractivity contribution is -0.137. The first-order chi connectivity index (χ1) is 8.39. The average Bonchev–Trinajstić information content (AvgIpc) is 2.77. The molecule has 1 saturated carbocycles. The smallest absolute Gasteiger partial charge is 0.398 e. The Labute approximate surface area is 103 Å². The van der Waals surface area contributed by atoms with Crippen LogP contribution < -0.4 is 5.73 Å². The summed E-state index contributed by atoms with van der Waals surface area (Å²) in [6.07, 6.45) is -1.25.